The van der Waals surface area contributed by atoms with Crippen LogP contribution in [0.4, 0.5) is 9.80 Å². The minimum atomic E-state index is -0.270. The van der Waals surface area contributed by atoms with Gasteiger partial charge in [-0.2, -0.15) is 5.26 Å². The molecule has 0 unspecified atom stereocenters. The molecule has 2 aliphatic rings. The van der Waals surface area contributed by atoms with Gasteiger partial charge in [0.25, 0.3) is 0 Å². The summed E-state index contributed by atoms with van der Waals surface area (Å²) in [6.07, 6.45) is 3.00. The van der Waals surface area contributed by atoms with Crippen LogP contribution in [0.25, 0.3) is 0 Å². The monoisotopic (exact) mass is 306 g/mol. The second-order valence-electron chi connectivity index (χ2n) is 5.22. The van der Waals surface area contributed by atoms with Crippen LogP contribution in [0.1, 0.15) is 28.8 Å². The predicted molar refractivity (Wildman–Crippen MR) is 80.4 cm³/mol. The zero-order chi connectivity index (χ0) is 14.7. The number of rotatable bonds is 3. The molecule has 1 atom stereocenters. The lowest BCUT2D eigenvalue weighted by Gasteiger charge is -2.12. The van der Waals surface area contributed by atoms with Crippen molar-refractivity contribution in [2.45, 2.75) is 31.9 Å². The number of ether oxygens (including phenoxy) is 1. The van der Waals surface area contributed by atoms with Crippen LogP contribution in [0, 0.1) is 11.3 Å². The van der Waals surface area contributed by atoms with Gasteiger partial charge in [-0.25, -0.2) is 4.79 Å². The fourth-order valence-electron chi connectivity index (χ4n) is 2.70. The zero-order valence-corrected chi connectivity index (χ0v) is 12.5. The highest BCUT2D eigenvalue weighted by Gasteiger charge is 2.22. The van der Waals surface area contributed by atoms with Crippen molar-refractivity contribution in [1.29, 1.82) is 5.26 Å². The maximum atomic E-state index is 12.0. The van der Waals surface area contributed by atoms with E-state index in [4.69, 9.17) is 4.74 Å². The van der Waals surface area contributed by atoms with Crippen LogP contribution in [0.15, 0.2) is 0 Å². The minimum absolute atomic E-state index is 0.118. The van der Waals surface area contributed by atoms with E-state index in [0.29, 0.717) is 17.1 Å². The predicted octanol–water partition coefficient (Wildman–Crippen LogP) is 1.57. The number of carbonyl (C=O) groups is 1. The summed E-state index contributed by atoms with van der Waals surface area (Å²) < 4.78 is 5.46. The average molecular weight is 306 g/mol. The van der Waals surface area contributed by atoms with Crippen LogP contribution in [0.5, 0.6) is 0 Å². The first-order valence-electron chi connectivity index (χ1n) is 7.19. The van der Waals surface area contributed by atoms with Gasteiger partial charge in [0, 0.05) is 24.6 Å². The highest BCUT2D eigenvalue weighted by atomic mass is 32.1. The molecule has 0 saturated carbocycles. The van der Waals surface area contributed by atoms with Crippen molar-refractivity contribution < 1.29 is 9.53 Å². The Hall–Kier alpha value is -1.62. The number of anilines is 1. The minimum Gasteiger partial charge on any atom is -0.376 e. The molecule has 3 rings (SSSR count). The number of urea groups is 1. The van der Waals surface area contributed by atoms with Crippen molar-refractivity contribution in [3.8, 4) is 6.07 Å². The van der Waals surface area contributed by atoms with E-state index in [1.807, 2.05) is 0 Å². The molecule has 6 nitrogen and oxygen atoms in total. The summed E-state index contributed by atoms with van der Waals surface area (Å²) in [4.78, 5) is 13.1. The Morgan fingerprint density at radius 1 is 1.57 bits per heavy atom. The van der Waals surface area contributed by atoms with Gasteiger partial charge in [0.2, 0.25) is 0 Å². The number of amides is 2. The van der Waals surface area contributed by atoms with Gasteiger partial charge >= 0.3 is 6.03 Å². The van der Waals surface area contributed by atoms with Crippen molar-refractivity contribution in [3.05, 3.63) is 16.0 Å². The van der Waals surface area contributed by atoms with Crippen molar-refractivity contribution in [3.63, 3.8) is 0 Å². The molecule has 2 amide bonds. The lowest BCUT2D eigenvalue weighted by atomic mass is 10.1. The second-order valence-corrected chi connectivity index (χ2v) is 6.32. The average Bonchev–Trinajstić information content (AvgIpc) is 3.12. The van der Waals surface area contributed by atoms with Crippen LogP contribution in [-0.2, 0) is 17.7 Å². The Morgan fingerprint density at radius 3 is 3.24 bits per heavy atom. The molecule has 1 fully saturated rings. The highest BCUT2D eigenvalue weighted by molar-refractivity contribution is 7.16. The molecule has 3 heterocycles. The molecule has 0 radical (unpaired) electrons. The fourth-order valence-corrected chi connectivity index (χ4v) is 3.86. The smallest absolute Gasteiger partial charge is 0.319 e. The molecule has 0 aliphatic carbocycles. The Labute approximate surface area is 127 Å². The standard InChI is InChI=1S/C14H18N4O2S/c15-6-11-10-3-4-16-8-12(10)21-13(11)18-14(19)17-7-9-2-1-5-20-9/h9,16H,1-5,7-8H2,(H2,17,18,19)/t9-/m0/s1. The molecule has 0 spiro atoms. The van der Waals surface area contributed by atoms with Gasteiger partial charge in [-0.05, 0) is 31.4 Å². The molecule has 1 aromatic rings. The number of carbonyl (C=O) groups excluding carboxylic acids is 1. The third kappa shape index (κ3) is 3.18. The summed E-state index contributed by atoms with van der Waals surface area (Å²) in [5.74, 6) is 0. The molecule has 0 bridgehead atoms. The zero-order valence-electron chi connectivity index (χ0n) is 11.7. The summed E-state index contributed by atoms with van der Waals surface area (Å²) in [5.41, 5.74) is 1.69. The molecular weight excluding hydrogens is 288 g/mol. The van der Waals surface area contributed by atoms with Crippen molar-refractivity contribution in [2.24, 2.45) is 0 Å². The van der Waals surface area contributed by atoms with E-state index in [-0.39, 0.29) is 12.1 Å². The first-order chi connectivity index (χ1) is 10.3. The first-order valence-corrected chi connectivity index (χ1v) is 8.01. The van der Waals surface area contributed by atoms with Gasteiger partial charge < -0.3 is 15.4 Å². The molecule has 0 aromatic carbocycles. The Kier molecular flexibility index (Phi) is 4.39. The van der Waals surface area contributed by atoms with Crippen LogP contribution >= 0.6 is 11.3 Å². The first kappa shape index (κ1) is 14.3. The molecule has 7 heteroatoms. The number of nitriles is 1. The maximum absolute atomic E-state index is 12.0. The van der Waals surface area contributed by atoms with Crippen LogP contribution in [0.3, 0.4) is 0 Å². The van der Waals surface area contributed by atoms with Gasteiger partial charge in [0.05, 0.1) is 11.7 Å². The highest BCUT2D eigenvalue weighted by Crippen LogP contribution is 2.34. The molecule has 112 valence electrons. The number of nitrogens with one attached hydrogen (secondary N) is 3. The van der Waals surface area contributed by atoms with E-state index in [1.54, 1.807) is 0 Å². The van der Waals surface area contributed by atoms with E-state index in [9.17, 15) is 10.1 Å². The molecule has 1 saturated heterocycles. The van der Waals surface area contributed by atoms with Gasteiger partial charge in [0.1, 0.15) is 11.1 Å². The Bertz CT molecular complexity index is 572. The largest absolute Gasteiger partial charge is 0.376 e. The summed E-state index contributed by atoms with van der Waals surface area (Å²) >= 11 is 1.48. The van der Waals surface area contributed by atoms with Crippen molar-refractivity contribution in [1.82, 2.24) is 10.6 Å². The summed E-state index contributed by atoms with van der Waals surface area (Å²) in [6.45, 7) is 2.94. The number of fused-ring (bicyclic) bond motifs is 1. The Morgan fingerprint density at radius 2 is 2.48 bits per heavy atom. The lowest BCUT2D eigenvalue weighted by molar-refractivity contribution is 0.112. The molecule has 3 N–H and O–H groups in total. The SMILES string of the molecule is N#Cc1c(NC(=O)NC[C@@H]2CCCO2)sc2c1CCNC2. The fraction of sp³-hybridized carbons (Fsp3) is 0.571. The normalized spacial score (nSPS) is 20.6. The van der Waals surface area contributed by atoms with E-state index in [0.717, 1.165) is 49.4 Å². The summed E-state index contributed by atoms with van der Waals surface area (Å²) in [5, 5.41) is 18.9. The van der Waals surface area contributed by atoms with Gasteiger partial charge in [-0.3, -0.25) is 5.32 Å². The maximum Gasteiger partial charge on any atom is 0.319 e. The third-order valence-corrected chi connectivity index (χ3v) is 4.93. The van der Waals surface area contributed by atoms with E-state index >= 15 is 0 Å². The quantitative estimate of drug-likeness (QED) is 0.791. The third-order valence-electron chi connectivity index (χ3n) is 3.78. The van der Waals surface area contributed by atoms with Gasteiger partial charge in [-0.1, -0.05) is 0 Å². The van der Waals surface area contributed by atoms with Gasteiger partial charge in [-0.15, -0.1) is 11.3 Å². The number of hydrogen-bond acceptors (Lipinski definition) is 5. The molecule has 2 aliphatic heterocycles. The van der Waals surface area contributed by atoms with Crippen LogP contribution in [0.2, 0.25) is 0 Å². The Balaban J connectivity index is 1.62. The summed E-state index contributed by atoms with van der Waals surface area (Å²) in [6, 6.07) is 1.95. The topological polar surface area (TPSA) is 86.2 Å². The summed E-state index contributed by atoms with van der Waals surface area (Å²) in [7, 11) is 0. The van der Waals surface area contributed by atoms with Gasteiger partial charge in [0.15, 0.2) is 0 Å². The number of nitrogens with zero attached hydrogens (tertiary/aromatic N) is 1. The van der Waals surface area contributed by atoms with Crippen molar-refractivity contribution >= 4 is 22.4 Å². The van der Waals surface area contributed by atoms with Crippen molar-refractivity contribution in [2.75, 3.05) is 25.0 Å². The molecule has 21 heavy (non-hydrogen) atoms. The van der Waals surface area contributed by atoms with Crippen LogP contribution in [-0.4, -0.2) is 31.8 Å². The number of hydrogen-bond donors (Lipinski definition) is 3. The number of thiophene rings is 1. The lowest BCUT2D eigenvalue weighted by Crippen LogP contribution is -2.35. The van der Waals surface area contributed by atoms with E-state index in [1.165, 1.54) is 11.3 Å². The molecule has 1 aromatic heterocycles. The molecular formula is C14H18N4O2S. The van der Waals surface area contributed by atoms with E-state index < -0.39 is 0 Å². The second kappa shape index (κ2) is 6.43. The van der Waals surface area contributed by atoms with Crippen LogP contribution < -0.4 is 16.0 Å². The van der Waals surface area contributed by atoms with E-state index in [2.05, 4.69) is 22.0 Å².